The van der Waals surface area contributed by atoms with Crippen molar-refractivity contribution in [3.8, 4) is 11.5 Å². The number of aromatic hydroxyl groups is 2. The van der Waals surface area contributed by atoms with Gasteiger partial charge >= 0.3 is 0 Å². The van der Waals surface area contributed by atoms with Crippen LogP contribution in [0.2, 0.25) is 5.02 Å². The molecule has 1 amide bonds. The van der Waals surface area contributed by atoms with Crippen LogP contribution in [0.4, 0.5) is 0 Å². The summed E-state index contributed by atoms with van der Waals surface area (Å²) in [6, 6.07) is 11.5. The number of hydrogen-bond acceptors (Lipinski definition) is 3. The fourth-order valence-corrected chi connectivity index (χ4v) is 3.02. The van der Waals surface area contributed by atoms with Crippen LogP contribution in [0.1, 0.15) is 34.8 Å². The van der Waals surface area contributed by atoms with Gasteiger partial charge in [-0.15, -0.1) is 0 Å². The first-order chi connectivity index (χ1) is 10.6. The molecule has 1 saturated heterocycles. The number of carbonyl (C=O) groups is 1. The fourth-order valence-electron chi connectivity index (χ4n) is 2.90. The van der Waals surface area contributed by atoms with Gasteiger partial charge in [0.05, 0.1) is 11.6 Å². The number of hydrogen-bond donors (Lipinski definition) is 2. The Labute approximate surface area is 133 Å². The summed E-state index contributed by atoms with van der Waals surface area (Å²) in [6.45, 7) is 0.645. The maximum absolute atomic E-state index is 12.7. The van der Waals surface area contributed by atoms with E-state index in [-0.39, 0.29) is 29.0 Å². The summed E-state index contributed by atoms with van der Waals surface area (Å²) in [6.07, 6.45) is 1.80. The molecule has 114 valence electrons. The van der Waals surface area contributed by atoms with Gasteiger partial charge in [-0.2, -0.15) is 0 Å². The van der Waals surface area contributed by atoms with Gasteiger partial charge < -0.3 is 15.1 Å². The highest BCUT2D eigenvalue weighted by molar-refractivity contribution is 6.30. The van der Waals surface area contributed by atoms with E-state index in [0.717, 1.165) is 18.4 Å². The van der Waals surface area contributed by atoms with Crippen LogP contribution in [0.15, 0.2) is 42.5 Å². The Bertz CT molecular complexity index is 700. The summed E-state index contributed by atoms with van der Waals surface area (Å²) in [5.74, 6) is -0.494. The molecule has 1 atom stereocenters. The van der Waals surface area contributed by atoms with Crippen molar-refractivity contribution in [3.63, 3.8) is 0 Å². The Morgan fingerprint density at radius 2 is 1.86 bits per heavy atom. The van der Waals surface area contributed by atoms with Gasteiger partial charge in [-0.25, -0.2) is 0 Å². The Morgan fingerprint density at radius 3 is 2.55 bits per heavy atom. The maximum Gasteiger partial charge on any atom is 0.258 e. The van der Waals surface area contributed by atoms with E-state index in [1.54, 1.807) is 4.90 Å². The van der Waals surface area contributed by atoms with Crippen molar-refractivity contribution >= 4 is 17.5 Å². The zero-order valence-electron chi connectivity index (χ0n) is 11.9. The quantitative estimate of drug-likeness (QED) is 0.887. The molecule has 2 aromatic rings. The number of phenols is 2. The van der Waals surface area contributed by atoms with Crippen LogP contribution in [0, 0.1) is 0 Å². The molecule has 2 N–H and O–H groups in total. The zero-order chi connectivity index (χ0) is 15.7. The van der Waals surface area contributed by atoms with Crippen LogP contribution in [0.3, 0.4) is 0 Å². The summed E-state index contributed by atoms with van der Waals surface area (Å²) in [5.41, 5.74) is 1.24. The van der Waals surface area contributed by atoms with E-state index >= 15 is 0 Å². The largest absolute Gasteiger partial charge is 0.508 e. The molecule has 5 heteroatoms. The van der Waals surface area contributed by atoms with Gasteiger partial charge in [-0.05, 0) is 42.7 Å². The van der Waals surface area contributed by atoms with Crippen molar-refractivity contribution < 1.29 is 15.0 Å². The number of rotatable bonds is 2. The predicted molar refractivity (Wildman–Crippen MR) is 84.2 cm³/mol. The van der Waals surface area contributed by atoms with Crippen LogP contribution in [0.5, 0.6) is 11.5 Å². The van der Waals surface area contributed by atoms with Gasteiger partial charge in [-0.1, -0.05) is 23.7 Å². The molecule has 4 nitrogen and oxygen atoms in total. The van der Waals surface area contributed by atoms with Crippen LogP contribution in [0.25, 0.3) is 0 Å². The predicted octanol–water partition coefficient (Wildman–Crippen LogP) is 3.73. The second-order valence-electron chi connectivity index (χ2n) is 5.41. The number of nitrogens with zero attached hydrogens (tertiary/aromatic N) is 1. The summed E-state index contributed by atoms with van der Waals surface area (Å²) in [5, 5.41) is 19.9. The molecular formula is C17H16ClNO3. The Morgan fingerprint density at radius 1 is 1.14 bits per heavy atom. The van der Waals surface area contributed by atoms with Crippen molar-refractivity contribution in [1.82, 2.24) is 4.90 Å². The minimum atomic E-state index is -0.227. The van der Waals surface area contributed by atoms with E-state index in [0.29, 0.717) is 11.6 Å². The van der Waals surface area contributed by atoms with E-state index < -0.39 is 0 Å². The Hall–Kier alpha value is -2.20. The molecule has 2 aromatic carbocycles. The summed E-state index contributed by atoms with van der Waals surface area (Å²) in [4.78, 5) is 14.4. The highest BCUT2D eigenvalue weighted by atomic mass is 35.5. The second-order valence-corrected chi connectivity index (χ2v) is 5.85. The minimum Gasteiger partial charge on any atom is -0.508 e. The third-order valence-corrected chi connectivity index (χ3v) is 4.23. The zero-order valence-corrected chi connectivity index (χ0v) is 12.6. The van der Waals surface area contributed by atoms with Gasteiger partial charge in [-0.3, -0.25) is 4.79 Å². The molecule has 1 fully saturated rings. The summed E-state index contributed by atoms with van der Waals surface area (Å²) >= 11 is 5.91. The van der Waals surface area contributed by atoms with Crippen molar-refractivity contribution in [3.05, 3.63) is 58.6 Å². The monoisotopic (exact) mass is 317 g/mol. The van der Waals surface area contributed by atoms with Gasteiger partial charge in [0.25, 0.3) is 5.91 Å². The molecule has 0 radical (unpaired) electrons. The first-order valence-corrected chi connectivity index (χ1v) is 7.52. The molecule has 0 aromatic heterocycles. The van der Waals surface area contributed by atoms with Crippen LogP contribution in [-0.4, -0.2) is 27.6 Å². The first-order valence-electron chi connectivity index (χ1n) is 7.14. The Balaban J connectivity index is 1.89. The molecule has 3 rings (SSSR count). The number of halogens is 1. The lowest BCUT2D eigenvalue weighted by molar-refractivity contribution is 0.0732. The molecule has 0 spiro atoms. The van der Waals surface area contributed by atoms with Crippen LogP contribution < -0.4 is 0 Å². The average molecular weight is 318 g/mol. The van der Waals surface area contributed by atoms with Gasteiger partial charge in [0.15, 0.2) is 0 Å². The number of amides is 1. The third kappa shape index (κ3) is 2.74. The molecule has 0 aliphatic carbocycles. The fraction of sp³-hybridized carbons (Fsp3) is 0.235. The lowest BCUT2D eigenvalue weighted by Gasteiger charge is -2.25. The van der Waals surface area contributed by atoms with Crippen LogP contribution >= 0.6 is 11.6 Å². The van der Waals surface area contributed by atoms with E-state index in [4.69, 9.17) is 11.6 Å². The topological polar surface area (TPSA) is 60.8 Å². The standard InChI is InChI=1S/C17H16ClNO3/c18-12-5-3-11(4-6-12)15-2-1-9-19(15)17(22)14-8-7-13(20)10-16(14)21/h3-8,10,15,20-21H,1-2,9H2/t15-/m0/s1. The number of benzene rings is 2. The molecule has 0 bridgehead atoms. The van der Waals surface area contributed by atoms with Crippen molar-refractivity contribution in [1.29, 1.82) is 0 Å². The molecule has 1 heterocycles. The molecular weight excluding hydrogens is 302 g/mol. The number of carbonyl (C=O) groups excluding carboxylic acids is 1. The molecule has 1 aliphatic rings. The molecule has 0 saturated carbocycles. The molecule has 1 aliphatic heterocycles. The summed E-state index contributed by atoms with van der Waals surface area (Å²) < 4.78 is 0. The molecule has 0 unspecified atom stereocenters. The number of phenolic OH excluding ortho intramolecular Hbond substituents is 2. The number of likely N-dealkylation sites (tertiary alicyclic amines) is 1. The highest BCUT2D eigenvalue weighted by Gasteiger charge is 2.31. The van der Waals surface area contributed by atoms with E-state index in [1.807, 2.05) is 24.3 Å². The first kappa shape index (κ1) is 14.7. The SMILES string of the molecule is O=C(c1ccc(O)cc1O)N1CCC[C@H]1c1ccc(Cl)cc1. The van der Waals surface area contributed by atoms with E-state index in [9.17, 15) is 15.0 Å². The van der Waals surface area contributed by atoms with Gasteiger partial charge in [0, 0.05) is 17.6 Å². The van der Waals surface area contributed by atoms with Crippen molar-refractivity contribution in [2.24, 2.45) is 0 Å². The Kier molecular flexibility index (Phi) is 3.94. The highest BCUT2D eigenvalue weighted by Crippen LogP contribution is 2.35. The second kappa shape index (κ2) is 5.89. The lowest BCUT2D eigenvalue weighted by Crippen LogP contribution is -2.30. The normalized spacial score (nSPS) is 17.7. The minimum absolute atomic E-state index is 0.0158. The van der Waals surface area contributed by atoms with Crippen molar-refractivity contribution in [2.45, 2.75) is 18.9 Å². The van der Waals surface area contributed by atoms with Gasteiger partial charge in [0.1, 0.15) is 11.5 Å². The van der Waals surface area contributed by atoms with E-state index in [2.05, 4.69) is 0 Å². The smallest absolute Gasteiger partial charge is 0.258 e. The average Bonchev–Trinajstić information content (AvgIpc) is 2.97. The third-order valence-electron chi connectivity index (χ3n) is 3.98. The van der Waals surface area contributed by atoms with E-state index in [1.165, 1.54) is 18.2 Å². The lowest BCUT2D eigenvalue weighted by atomic mass is 10.0. The van der Waals surface area contributed by atoms with Gasteiger partial charge in [0.2, 0.25) is 0 Å². The maximum atomic E-state index is 12.7. The summed E-state index contributed by atoms with van der Waals surface area (Å²) in [7, 11) is 0. The molecule has 22 heavy (non-hydrogen) atoms. The van der Waals surface area contributed by atoms with Crippen molar-refractivity contribution in [2.75, 3.05) is 6.54 Å². The van der Waals surface area contributed by atoms with Crippen LogP contribution in [-0.2, 0) is 0 Å².